The van der Waals surface area contributed by atoms with Crippen LogP contribution in [-0.4, -0.2) is 0 Å². The molecule has 0 radical (unpaired) electrons. The molecule has 0 amide bonds. The van der Waals surface area contributed by atoms with Gasteiger partial charge in [0.1, 0.15) is 0 Å². The summed E-state index contributed by atoms with van der Waals surface area (Å²) >= 11 is 9.44. The largest absolute Gasteiger partial charge is 0.271 e. The highest BCUT2D eigenvalue weighted by Crippen LogP contribution is 2.27. The van der Waals surface area contributed by atoms with Crippen LogP contribution in [0.2, 0.25) is 5.02 Å². The molecule has 1 unspecified atom stereocenters. The Bertz CT molecular complexity index is 531. The molecule has 0 saturated carbocycles. The van der Waals surface area contributed by atoms with E-state index in [1.807, 2.05) is 24.3 Å². The van der Waals surface area contributed by atoms with Gasteiger partial charge in [-0.1, -0.05) is 48.0 Å². The Morgan fingerprint density at radius 3 is 2.53 bits per heavy atom. The maximum atomic E-state index is 6.00. The molecule has 19 heavy (non-hydrogen) atoms. The zero-order chi connectivity index (χ0) is 13.7. The summed E-state index contributed by atoms with van der Waals surface area (Å²) in [4.78, 5) is 0. The molecular weight excluding hydrogens is 324 g/mol. The highest BCUT2D eigenvalue weighted by molar-refractivity contribution is 9.10. The van der Waals surface area contributed by atoms with Crippen molar-refractivity contribution in [2.45, 2.75) is 18.9 Å². The van der Waals surface area contributed by atoms with Crippen LogP contribution in [0.4, 0.5) is 0 Å². The highest BCUT2D eigenvalue weighted by atomic mass is 79.9. The van der Waals surface area contributed by atoms with Crippen molar-refractivity contribution in [3.8, 4) is 0 Å². The second-order valence-electron chi connectivity index (χ2n) is 4.42. The summed E-state index contributed by atoms with van der Waals surface area (Å²) in [5, 5.41) is 0.711. The maximum Gasteiger partial charge on any atom is 0.0548 e. The Kier molecular flexibility index (Phi) is 5.40. The second kappa shape index (κ2) is 7.06. The summed E-state index contributed by atoms with van der Waals surface area (Å²) < 4.78 is 0.895. The van der Waals surface area contributed by atoms with Crippen molar-refractivity contribution in [2.75, 3.05) is 0 Å². The lowest BCUT2D eigenvalue weighted by atomic mass is 9.99. The van der Waals surface area contributed by atoms with Crippen LogP contribution in [0.15, 0.2) is 53.0 Å². The molecule has 2 aromatic rings. The van der Waals surface area contributed by atoms with E-state index in [1.54, 1.807) is 0 Å². The Morgan fingerprint density at radius 1 is 1.16 bits per heavy atom. The molecule has 0 aliphatic carbocycles. The maximum absolute atomic E-state index is 6.00. The Hall–Kier alpha value is -0.870. The van der Waals surface area contributed by atoms with E-state index in [4.69, 9.17) is 17.4 Å². The molecule has 0 spiro atoms. The number of hydrogen-bond donors (Lipinski definition) is 2. The van der Waals surface area contributed by atoms with Gasteiger partial charge in [0.2, 0.25) is 0 Å². The number of nitrogens with one attached hydrogen (secondary N) is 1. The number of nitrogens with two attached hydrogens (primary N) is 1. The van der Waals surface area contributed by atoms with Crippen molar-refractivity contribution in [2.24, 2.45) is 5.84 Å². The van der Waals surface area contributed by atoms with Crippen LogP contribution in [0.25, 0.3) is 0 Å². The molecule has 0 fully saturated rings. The Morgan fingerprint density at radius 2 is 1.89 bits per heavy atom. The van der Waals surface area contributed by atoms with E-state index in [9.17, 15) is 0 Å². The van der Waals surface area contributed by atoms with Gasteiger partial charge in [0.15, 0.2) is 0 Å². The minimum atomic E-state index is 0.119. The van der Waals surface area contributed by atoms with Crippen LogP contribution in [0.3, 0.4) is 0 Å². The molecule has 0 aromatic heterocycles. The lowest BCUT2D eigenvalue weighted by Gasteiger charge is -2.17. The highest BCUT2D eigenvalue weighted by Gasteiger charge is 2.11. The van der Waals surface area contributed by atoms with E-state index >= 15 is 0 Å². The summed E-state index contributed by atoms with van der Waals surface area (Å²) in [6, 6.07) is 16.4. The van der Waals surface area contributed by atoms with Gasteiger partial charge in [-0.3, -0.25) is 11.3 Å². The smallest absolute Gasteiger partial charge is 0.0548 e. The third-order valence-electron chi connectivity index (χ3n) is 3.11. The first-order chi connectivity index (χ1) is 9.20. The van der Waals surface area contributed by atoms with Gasteiger partial charge in [-0.05, 0) is 52.0 Å². The lowest BCUT2D eigenvalue weighted by Crippen LogP contribution is -2.28. The molecule has 0 aliphatic rings. The Labute approximate surface area is 127 Å². The molecule has 0 aliphatic heterocycles. The van der Waals surface area contributed by atoms with Crippen LogP contribution < -0.4 is 11.3 Å². The van der Waals surface area contributed by atoms with E-state index in [2.05, 4.69) is 45.6 Å². The normalized spacial score (nSPS) is 12.4. The molecule has 0 saturated heterocycles. The Balaban J connectivity index is 2.05. The minimum Gasteiger partial charge on any atom is -0.271 e. The summed E-state index contributed by atoms with van der Waals surface area (Å²) in [6.45, 7) is 0. The molecular formula is C15H16BrClN2. The number of benzene rings is 2. The van der Waals surface area contributed by atoms with Crippen LogP contribution in [-0.2, 0) is 6.42 Å². The quantitative estimate of drug-likeness (QED) is 0.631. The van der Waals surface area contributed by atoms with E-state index in [-0.39, 0.29) is 6.04 Å². The molecule has 0 heterocycles. The van der Waals surface area contributed by atoms with Crippen molar-refractivity contribution in [1.29, 1.82) is 0 Å². The van der Waals surface area contributed by atoms with E-state index in [0.717, 1.165) is 22.9 Å². The van der Waals surface area contributed by atoms with Crippen molar-refractivity contribution in [3.05, 3.63) is 69.2 Å². The fraction of sp³-hybridized carbons (Fsp3) is 0.200. The van der Waals surface area contributed by atoms with Gasteiger partial charge >= 0.3 is 0 Å². The average molecular weight is 340 g/mol. The first kappa shape index (κ1) is 14.5. The summed E-state index contributed by atoms with van der Waals surface area (Å²) in [5.74, 6) is 5.66. The first-order valence-electron chi connectivity index (χ1n) is 6.15. The predicted molar refractivity (Wildman–Crippen MR) is 84.0 cm³/mol. The van der Waals surface area contributed by atoms with E-state index < -0.39 is 0 Å². The molecule has 4 heteroatoms. The lowest BCUT2D eigenvalue weighted by molar-refractivity contribution is 0.516. The van der Waals surface area contributed by atoms with Gasteiger partial charge in [-0.25, -0.2) is 0 Å². The molecule has 2 nitrogen and oxygen atoms in total. The molecule has 0 bridgehead atoms. The number of hydrogen-bond acceptors (Lipinski definition) is 2. The molecule has 1 atom stereocenters. The van der Waals surface area contributed by atoms with Gasteiger partial charge in [0.05, 0.1) is 5.02 Å². The van der Waals surface area contributed by atoms with Gasteiger partial charge in [0, 0.05) is 10.5 Å². The standard InChI is InChI=1S/C15H16BrClN2/c16-13-10-12(7-8-14(13)17)15(19-18)9-6-11-4-2-1-3-5-11/h1-5,7-8,10,15,19H,6,9,18H2. The molecule has 3 N–H and O–H groups in total. The molecule has 100 valence electrons. The van der Waals surface area contributed by atoms with Crippen LogP contribution in [0.1, 0.15) is 23.6 Å². The monoisotopic (exact) mass is 338 g/mol. The third kappa shape index (κ3) is 4.05. The summed E-state index contributed by atoms with van der Waals surface area (Å²) in [5.41, 5.74) is 5.32. The second-order valence-corrected chi connectivity index (χ2v) is 5.68. The summed E-state index contributed by atoms with van der Waals surface area (Å²) in [6.07, 6.45) is 1.92. The van der Waals surface area contributed by atoms with Crippen molar-refractivity contribution >= 4 is 27.5 Å². The van der Waals surface area contributed by atoms with Gasteiger partial charge < -0.3 is 0 Å². The SMILES string of the molecule is NNC(CCc1ccccc1)c1ccc(Cl)c(Br)c1. The number of halogens is 2. The van der Waals surface area contributed by atoms with E-state index in [0.29, 0.717) is 5.02 Å². The minimum absolute atomic E-state index is 0.119. The predicted octanol–water partition coefficient (Wildman–Crippen LogP) is 4.24. The van der Waals surface area contributed by atoms with Gasteiger partial charge in [0.25, 0.3) is 0 Å². The van der Waals surface area contributed by atoms with E-state index in [1.165, 1.54) is 5.56 Å². The molecule has 2 rings (SSSR count). The van der Waals surface area contributed by atoms with Crippen molar-refractivity contribution in [1.82, 2.24) is 5.43 Å². The fourth-order valence-corrected chi connectivity index (χ4v) is 2.55. The number of hydrazine groups is 1. The fourth-order valence-electron chi connectivity index (χ4n) is 2.03. The zero-order valence-electron chi connectivity index (χ0n) is 10.4. The van der Waals surface area contributed by atoms with Crippen LogP contribution >= 0.6 is 27.5 Å². The number of rotatable bonds is 5. The third-order valence-corrected chi connectivity index (χ3v) is 4.33. The van der Waals surface area contributed by atoms with Crippen LogP contribution in [0, 0.1) is 0 Å². The summed E-state index contributed by atoms with van der Waals surface area (Å²) in [7, 11) is 0. The van der Waals surface area contributed by atoms with Crippen molar-refractivity contribution < 1.29 is 0 Å². The first-order valence-corrected chi connectivity index (χ1v) is 7.33. The number of aryl methyl sites for hydroxylation is 1. The zero-order valence-corrected chi connectivity index (χ0v) is 12.8. The average Bonchev–Trinajstić information content (AvgIpc) is 2.44. The van der Waals surface area contributed by atoms with Crippen molar-refractivity contribution in [3.63, 3.8) is 0 Å². The molecule has 2 aromatic carbocycles. The van der Waals surface area contributed by atoms with Gasteiger partial charge in [-0.2, -0.15) is 0 Å². The topological polar surface area (TPSA) is 38.0 Å². The van der Waals surface area contributed by atoms with Gasteiger partial charge in [-0.15, -0.1) is 0 Å². The van der Waals surface area contributed by atoms with Crippen LogP contribution in [0.5, 0.6) is 0 Å².